The Morgan fingerprint density at radius 1 is 1.43 bits per heavy atom. The van der Waals surface area contributed by atoms with E-state index < -0.39 is 5.79 Å². The van der Waals surface area contributed by atoms with Gasteiger partial charge in [-0.05, 0) is 13.0 Å². The van der Waals surface area contributed by atoms with E-state index in [1.54, 1.807) is 13.1 Å². The van der Waals surface area contributed by atoms with E-state index in [2.05, 4.69) is 15.5 Å². The zero-order valence-corrected chi connectivity index (χ0v) is 11.8. The van der Waals surface area contributed by atoms with Gasteiger partial charge in [-0.2, -0.15) is 5.10 Å². The molecule has 1 aromatic heterocycles. The van der Waals surface area contributed by atoms with E-state index in [4.69, 9.17) is 9.47 Å². The van der Waals surface area contributed by atoms with Crippen molar-refractivity contribution in [3.05, 3.63) is 36.0 Å². The second-order valence-corrected chi connectivity index (χ2v) is 5.09. The largest absolute Gasteiger partial charge is 0.361 e. The summed E-state index contributed by atoms with van der Waals surface area (Å²) in [6, 6.07) is 7.91. The molecular weight excluding hydrogens is 270 g/mol. The number of nitrogens with one attached hydrogen (secondary N) is 2. The summed E-state index contributed by atoms with van der Waals surface area (Å²) in [5, 5.41) is 5.04. The van der Waals surface area contributed by atoms with Crippen molar-refractivity contribution in [2.75, 3.05) is 13.2 Å². The van der Waals surface area contributed by atoms with Gasteiger partial charge in [-0.15, -0.1) is 0 Å². The van der Waals surface area contributed by atoms with Gasteiger partial charge in [-0.3, -0.25) is 4.79 Å². The number of fused-ring (bicyclic) bond motifs is 1. The van der Waals surface area contributed by atoms with E-state index in [0.717, 1.165) is 16.5 Å². The third-order valence-electron chi connectivity index (χ3n) is 3.39. The van der Waals surface area contributed by atoms with Crippen LogP contribution in [-0.2, 0) is 14.3 Å². The topological polar surface area (TPSA) is 75.7 Å². The van der Waals surface area contributed by atoms with E-state index >= 15 is 0 Å². The quantitative estimate of drug-likeness (QED) is 0.664. The molecule has 21 heavy (non-hydrogen) atoms. The van der Waals surface area contributed by atoms with Crippen LogP contribution in [0.25, 0.3) is 10.9 Å². The lowest BCUT2D eigenvalue weighted by molar-refractivity contribution is -0.159. The van der Waals surface area contributed by atoms with Crippen molar-refractivity contribution < 1.29 is 14.3 Å². The Kier molecular flexibility index (Phi) is 3.72. The molecule has 1 aliphatic heterocycles. The summed E-state index contributed by atoms with van der Waals surface area (Å²) in [6.45, 7) is 2.79. The third-order valence-corrected chi connectivity index (χ3v) is 3.39. The summed E-state index contributed by atoms with van der Waals surface area (Å²) in [7, 11) is 0. The van der Waals surface area contributed by atoms with Crippen LogP contribution < -0.4 is 5.43 Å². The van der Waals surface area contributed by atoms with Crippen molar-refractivity contribution in [3.63, 3.8) is 0 Å². The molecule has 6 heteroatoms. The van der Waals surface area contributed by atoms with Crippen LogP contribution in [0.5, 0.6) is 0 Å². The first kappa shape index (κ1) is 13.8. The Morgan fingerprint density at radius 3 is 3.00 bits per heavy atom. The van der Waals surface area contributed by atoms with Crippen molar-refractivity contribution >= 4 is 23.0 Å². The molecule has 0 unspecified atom stereocenters. The number of benzene rings is 1. The molecular formula is C15H17N3O3. The van der Waals surface area contributed by atoms with Gasteiger partial charge in [0.05, 0.1) is 25.8 Å². The molecule has 2 N–H and O–H groups in total. The monoisotopic (exact) mass is 287 g/mol. The lowest BCUT2D eigenvalue weighted by Crippen LogP contribution is -2.33. The number of hydrogen-bond acceptors (Lipinski definition) is 4. The van der Waals surface area contributed by atoms with Crippen LogP contribution in [0.3, 0.4) is 0 Å². The second kappa shape index (κ2) is 5.67. The fraction of sp³-hybridized carbons (Fsp3) is 0.333. The summed E-state index contributed by atoms with van der Waals surface area (Å²) < 4.78 is 10.8. The van der Waals surface area contributed by atoms with E-state index in [1.165, 1.54) is 0 Å². The first-order valence-corrected chi connectivity index (χ1v) is 6.82. The molecule has 1 amide bonds. The number of carbonyl (C=O) groups is 1. The number of ether oxygens (including phenoxy) is 2. The average Bonchev–Trinajstić information content (AvgIpc) is 3.06. The highest BCUT2D eigenvalue weighted by Gasteiger charge is 2.33. The highest BCUT2D eigenvalue weighted by atomic mass is 16.7. The molecule has 3 rings (SSSR count). The van der Waals surface area contributed by atoms with Gasteiger partial charge in [-0.1, -0.05) is 18.2 Å². The van der Waals surface area contributed by atoms with Crippen LogP contribution in [0.4, 0.5) is 0 Å². The summed E-state index contributed by atoms with van der Waals surface area (Å²) in [5.41, 5.74) is 4.45. The van der Waals surface area contributed by atoms with Gasteiger partial charge in [0.1, 0.15) is 0 Å². The van der Waals surface area contributed by atoms with E-state index in [1.807, 2.05) is 30.5 Å². The zero-order valence-electron chi connectivity index (χ0n) is 11.8. The molecule has 1 aliphatic rings. The fourth-order valence-corrected chi connectivity index (χ4v) is 2.36. The number of hydrazone groups is 1. The number of H-pyrrole nitrogens is 1. The first-order valence-electron chi connectivity index (χ1n) is 6.82. The molecule has 0 saturated carbocycles. The van der Waals surface area contributed by atoms with E-state index in [-0.39, 0.29) is 12.3 Å². The minimum absolute atomic E-state index is 0.123. The summed E-state index contributed by atoms with van der Waals surface area (Å²) in [5.74, 6) is -1.07. The highest BCUT2D eigenvalue weighted by Crippen LogP contribution is 2.22. The van der Waals surface area contributed by atoms with Crippen molar-refractivity contribution in [1.29, 1.82) is 0 Å². The molecule has 0 spiro atoms. The molecule has 0 aliphatic carbocycles. The number of hydrogen-bond donors (Lipinski definition) is 2. The van der Waals surface area contributed by atoms with E-state index in [0.29, 0.717) is 13.2 Å². The van der Waals surface area contributed by atoms with Crippen LogP contribution >= 0.6 is 0 Å². The Labute approximate surface area is 122 Å². The van der Waals surface area contributed by atoms with Crippen LogP contribution in [-0.4, -0.2) is 36.1 Å². The molecule has 6 nitrogen and oxygen atoms in total. The maximum Gasteiger partial charge on any atom is 0.245 e. The van der Waals surface area contributed by atoms with Crippen LogP contribution in [0.15, 0.2) is 35.6 Å². The number of nitrogens with zero attached hydrogens (tertiary/aromatic N) is 1. The number of amides is 1. The Balaban J connectivity index is 1.60. The average molecular weight is 287 g/mol. The lowest BCUT2D eigenvalue weighted by Gasteiger charge is -2.20. The molecule has 110 valence electrons. The molecule has 2 heterocycles. The Hall–Kier alpha value is -2.18. The normalized spacial score (nSPS) is 17.6. The molecule has 2 aromatic rings. The molecule has 1 saturated heterocycles. The fourth-order valence-electron chi connectivity index (χ4n) is 2.36. The van der Waals surface area contributed by atoms with Gasteiger partial charge in [0.25, 0.3) is 0 Å². The van der Waals surface area contributed by atoms with Gasteiger partial charge in [-0.25, -0.2) is 5.43 Å². The minimum Gasteiger partial charge on any atom is -0.361 e. The van der Waals surface area contributed by atoms with Gasteiger partial charge >= 0.3 is 0 Å². The number of rotatable bonds is 4. The number of aromatic nitrogens is 1. The smallest absolute Gasteiger partial charge is 0.245 e. The third kappa shape index (κ3) is 3.12. The van der Waals surface area contributed by atoms with Crippen LogP contribution in [0, 0.1) is 0 Å². The van der Waals surface area contributed by atoms with Crippen LogP contribution in [0.2, 0.25) is 0 Å². The number of para-hydroxylation sites is 1. The first-order chi connectivity index (χ1) is 10.2. The SMILES string of the molecule is CC1(CC(=O)N/N=C/c2c[nH]c3ccccc23)OCCO1. The van der Waals surface area contributed by atoms with Crippen molar-refractivity contribution in [3.8, 4) is 0 Å². The van der Waals surface area contributed by atoms with Gasteiger partial charge in [0.15, 0.2) is 5.79 Å². The predicted molar refractivity (Wildman–Crippen MR) is 79.0 cm³/mol. The maximum atomic E-state index is 11.8. The van der Waals surface area contributed by atoms with Crippen molar-refractivity contribution in [2.45, 2.75) is 19.1 Å². The predicted octanol–water partition coefficient (Wildman–Crippen LogP) is 1.77. The molecule has 0 atom stereocenters. The number of carbonyl (C=O) groups excluding carboxylic acids is 1. The molecule has 0 bridgehead atoms. The molecule has 0 radical (unpaired) electrons. The second-order valence-electron chi connectivity index (χ2n) is 5.09. The standard InChI is InChI=1S/C15H17N3O3/c1-15(20-6-7-21-15)8-14(19)18-17-10-11-9-16-13-5-3-2-4-12(11)13/h2-5,9-10,16H,6-8H2,1H3,(H,18,19)/b17-10+. The van der Waals surface area contributed by atoms with Crippen molar-refractivity contribution in [2.24, 2.45) is 5.10 Å². The van der Waals surface area contributed by atoms with Crippen LogP contribution in [0.1, 0.15) is 18.9 Å². The molecule has 1 fully saturated rings. The molecule has 1 aromatic carbocycles. The maximum absolute atomic E-state index is 11.8. The summed E-state index contributed by atoms with van der Waals surface area (Å²) in [4.78, 5) is 15.0. The summed E-state index contributed by atoms with van der Waals surface area (Å²) in [6.07, 6.45) is 3.60. The summed E-state index contributed by atoms with van der Waals surface area (Å²) >= 11 is 0. The van der Waals surface area contributed by atoms with Gasteiger partial charge < -0.3 is 14.5 Å². The Bertz CT molecular complexity index is 672. The zero-order chi connectivity index (χ0) is 14.7. The van der Waals surface area contributed by atoms with Crippen molar-refractivity contribution in [1.82, 2.24) is 10.4 Å². The lowest BCUT2D eigenvalue weighted by atomic mass is 10.2. The Morgan fingerprint density at radius 2 is 2.19 bits per heavy atom. The van der Waals surface area contributed by atoms with Gasteiger partial charge in [0, 0.05) is 22.7 Å². The number of aromatic amines is 1. The minimum atomic E-state index is -0.833. The van der Waals surface area contributed by atoms with Gasteiger partial charge in [0.2, 0.25) is 5.91 Å². The highest BCUT2D eigenvalue weighted by molar-refractivity contribution is 5.99. The van der Waals surface area contributed by atoms with E-state index in [9.17, 15) is 4.79 Å².